The molecule has 0 saturated carbocycles. The Balaban J connectivity index is 1.76. The number of pyridine rings is 1. The lowest BCUT2D eigenvalue weighted by Gasteiger charge is -2.52. The zero-order valence-electron chi connectivity index (χ0n) is 16.3. The average Bonchev–Trinajstić information content (AvgIpc) is 3.04. The number of piperidine rings is 1. The number of hydrogen-bond acceptors (Lipinski definition) is 5. The highest BCUT2D eigenvalue weighted by atomic mass is 35.5. The van der Waals surface area contributed by atoms with E-state index in [9.17, 15) is 15.6 Å². The van der Waals surface area contributed by atoms with Crippen LogP contribution in [0, 0.1) is 22.7 Å². The maximum absolute atomic E-state index is 10.8. The van der Waals surface area contributed by atoms with E-state index in [1.165, 1.54) is 0 Å². The van der Waals surface area contributed by atoms with Gasteiger partial charge in [-0.1, -0.05) is 41.9 Å². The lowest BCUT2D eigenvalue weighted by atomic mass is 9.69. The third-order valence-corrected chi connectivity index (χ3v) is 7.02. The minimum Gasteiger partial charge on any atom is -0.376 e. The molecule has 4 atom stereocenters. The number of nitriles is 2. The molecule has 2 fully saturated rings. The van der Waals surface area contributed by atoms with Gasteiger partial charge in [0.05, 0.1) is 28.1 Å². The van der Waals surface area contributed by atoms with Gasteiger partial charge in [0.15, 0.2) is 6.10 Å². The zero-order valence-corrected chi connectivity index (χ0v) is 17.0. The molecule has 148 valence electrons. The van der Waals surface area contributed by atoms with Crippen LogP contribution in [0.15, 0.2) is 48.8 Å². The number of halogens is 1. The minimum atomic E-state index is -1.17. The van der Waals surface area contributed by atoms with Crippen molar-refractivity contribution in [2.45, 2.75) is 61.7 Å². The molecule has 2 saturated heterocycles. The van der Waals surface area contributed by atoms with Crippen LogP contribution < -0.4 is 0 Å². The Morgan fingerprint density at radius 3 is 2.41 bits per heavy atom. The van der Waals surface area contributed by atoms with Gasteiger partial charge in [0.2, 0.25) is 0 Å². The van der Waals surface area contributed by atoms with Crippen molar-refractivity contribution < 1.29 is 5.11 Å². The lowest BCUT2D eigenvalue weighted by molar-refractivity contribution is -0.0560. The second kappa shape index (κ2) is 7.43. The summed E-state index contributed by atoms with van der Waals surface area (Å²) < 4.78 is 0. The highest BCUT2D eigenvalue weighted by Gasteiger charge is 2.57. The molecule has 0 radical (unpaired) electrons. The van der Waals surface area contributed by atoms with Crippen molar-refractivity contribution in [2.75, 3.05) is 0 Å². The summed E-state index contributed by atoms with van der Waals surface area (Å²) in [6.07, 6.45) is 5.27. The number of aliphatic hydroxyl groups is 1. The van der Waals surface area contributed by atoms with Crippen LogP contribution in [0.1, 0.15) is 43.7 Å². The Hall–Kier alpha value is -2.44. The van der Waals surface area contributed by atoms with E-state index in [4.69, 9.17) is 11.6 Å². The Labute approximate surface area is 176 Å². The molecule has 4 unspecified atom stereocenters. The monoisotopic (exact) mass is 406 g/mol. The maximum Gasteiger partial charge on any atom is 0.162 e. The van der Waals surface area contributed by atoms with Crippen LogP contribution in [0.3, 0.4) is 0 Å². The quantitative estimate of drug-likeness (QED) is 0.778. The summed E-state index contributed by atoms with van der Waals surface area (Å²) in [4.78, 5) is 6.50. The highest BCUT2D eigenvalue weighted by Crippen LogP contribution is 2.52. The van der Waals surface area contributed by atoms with Gasteiger partial charge < -0.3 is 5.11 Å². The summed E-state index contributed by atoms with van der Waals surface area (Å²) in [5.41, 5.74) is 0.275. The van der Waals surface area contributed by atoms with E-state index in [-0.39, 0.29) is 12.1 Å². The van der Waals surface area contributed by atoms with Crippen molar-refractivity contribution in [3.05, 3.63) is 64.9 Å². The van der Waals surface area contributed by atoms with Gasteiger partial charge in [-0.2, -0.15) is 10.5 Å². The first kappa shape index (κ1) is 19.9. The normalized spacial score (nSPS) is 29.4. The molecule has 3 heterocycles. The van der Waals surface area contributed by atoms with Gasteiger partial charge in [0.1, 0.15) is 0 Å². The minimum absolute atomic E-state index is 0.0839. The molecule has 1 aromatic heterocycles. The number of nitrogens with zero attached hydrogens (tertiary/aromatic N) is 4. The van der Waals surface area contributed by atoms with Gasteiger partial charge in [0.25, 0.3) is 0 Å². The Kier molecular flexibility index (Phi) is 5.09. The van der Waals surface area contributed by atoms with Crippen LogP contribution >= 0.6 is 11.6 Å². The lowest BCUT2D eigenvalue weighted by Crippen LogP contribution is -2.61. The van der Waals surface area contributed by atoms with Crippen LogP contribution in [-0.2, 0) is 11.0 Å². The fourth-order valence-electron chi connectivity index (χ4n) is 5.42. The van der Waals surface area contributed by atoms with Gasteiger partial charge in [0, 0.05) is 24.5 Å². The smallest absolute Gasteiger partial charge is 0.162 e. The van der Waals surface area contributed by atoms with Crippen LogP contribution in [-0.4, -0.2) is 33.2 Å². The molecule has 1 N–H and O–H groups in total. The van der Waals surface area contributed by atoms with E-state index in [1.807, 2.05) is 43.3 Å². The fourth-order valence-corrected chi connectivity index (χ4v) is 5.60. The van der Waals surface area contributed by atoms with Crippen LogP contribution in [0.2, 0.25) is 5.02 Å². The summed E-state index contributed by atoms with van der Waals surface area (Å²) in [7, 11) is 0. The Bertz CT molecular complexity index is 968. The van der Waals surface area contributed by atoms with Crippen molar-refractivity contribution in [1.82, 2.24) is 9.88 Å². The number of fused-ring (bicyclic) bond motifs is 2. The van der Waals surface area contributed by atoms with E-state index in [1.54, 1.807) is 12.4 Å². The number of aromatic nitrogens is 1. The maximum atomic E-state index is 10.8. The summed E-state index contributed by atoms with van der Waals surface area (Å²) in [6, 6.07) is 16.4. The van der Waals surface area contributed by atoms with Crippen molar-refractivity contribution in [2.24, 2.45) is 0 Å². The third kappa shape index (κ3) is 3.11. The third-order valence-electron chi connectivity index (χ3n) is 6.81. The standard InChI is InChI=1S/C23H23ClN4O/c1-22(21(29)12-25,16-5-3-2-4-6-16)28-19-7-8-20(28)11-23(10-19,15-26)17-9-18(24)14-27-13-17/h2-6,9,13-14,19-21,29H,7-8,10-11H2,1H3. The fraction of sp³-hybridized carbons (Fsp3) is 0.435. The van der Waals surface area contributed by atoms with Gasteiger partial charge in [-0.3, -0.25) is 9.88 Å². The van der Waals surface area contributed by atoms with Gasteiger partial charge in [-0.25, -0.2) is 0 Å². The van der Waals surface area contributed by atoms with Crippen LogP contribution in [0.4, 0.5) is 0 Å². The van der Waals surface area contributed by atoms with Gasteiger partial charge in [-0.05, 0) is 49.8 Å². The highest BCUT2D eigenvalue weighted by molar-refractivity contribution is 6.30. The van der Waals surface area contributed by atoms with E-state index < -0.39 is 17.1 Å². The predicted molar refractivity (Wildman–Crippen MR) is 110 cm³/mol. The Morgan fingerprint density at radius 2 is 1.86 bits per heavy atom. The van der Waals surface area contributed by atoms with Gasteiger partial charge >= 0.3 is 0 Å². The molecule has 29 heavy (non-hydrogen) atoms. The first-order chi connectivity index (χ1) is 13.9. The number of aliphatic hydroxyl groups excluding tert-OH is 1. The molecule has 0 aliphatic carbocycles. The second-order valence-corrected chi connectivity index (χ2v) is 8.77. The van der Waals surface area contributed by atoms with Crippen molar-refractivity contribution in [3.8, 4) is 12.1 Å². The first-order valence-corrected chi connectivity index (χ1v) is 10.3. The number of hydrogen-bond donors (Lipinski definition) is 1. The summed E-state index contributed by atoms with van der Waals surface area (Å²) in [6.45, 7) is 1.95. The molecule has 2 aliphatic rings. The van der Waals surface area contributed by atoms with Crippen LogP contribution in [0.5, 0.6) is 0 Å². The molecule has 2 aromatic rings. The number of rotatable bonds is 4. The molecule has 6 heteroatoms. The van der Waals surface area contributed by atoms with E-state index in [2.05, 4.69) is 22.0 Å². The van der Waals surface area contributed by atoms with Crippen LogP contribution in [0.25, 0.3) is 0 Å². The molecule has 0 spiro atoms. The molecular weight excluding hydrogens is 384 g/mol. The van der Waals surface area contributed by atoms with Crippen molar-refractivity contribution in [1.29, 1.82) is 10.5 Å². The molecule has 1 aromatic carbocycles. The molecule has 0 amide bonds. The summed E-state index contributed by atoms with van der Waals surface area (Å²) in [5.74, 6) is 0. The van der Waals surface area contributed by atoms with Crippen molar-refractivity contribution >= 4 is 11.6 Å². The Morgan fingerprint density at radius 1 is 1.21 bits per heavy atom. The molecule has 4 rings (SSSR count). The summed E-state index contributed by atoms with van der Waals surface area (Å²) >= 11 is 6.16. The summed E-state index contributed by atoms with van der Waals surface area (Å²) in [5, 5.41) is 31.1. The van der Waals surface area contributed by atoms with E-state index in [0.29, 0.717) is 17.9 Å². The zero-order chi connectivity index (χ0) is 20.6. The van der Waals surface area contributed by atoms with Gasteiger partial charge in [-0.15, -0.1) is 0 Å². The average molecular weight is 407 g/mol. The second-order valence-electron chi connectivity index (χ2n) is 8.33. The first-order valence-electron chi connectivity index (χ1n) is 9.88. The van der Waals surface area contributed by atoms with E-state index in [0.717, 1.165) is 24.0 Å². The van der Waals surface area contributed by atoms with E-state index >= 15 is 0 Å². The molecule has 2 bridgehead atoms. The predicted octanol–water partition coefficient (Wildman–Crippen LogP) is 3.92. The number of benzene rings is 1. The topological polar surface area (TPSA) is 83.9 Å². The molecule has 2 aliphatic heterocycles. The molecular formula is C23H23ClN4O. The van der Waals surface area contributed by atoms with Crippen molar-refractivity contribution in [3.63, 3.8) is 0 Å². The SMILES string of the molecule is CC(c1ccccc1)(C(O)C#N)N1C2CCC1CC(C#N)(c1cncc(Cl)c1)C2. The largest absolute Gasteiger partial charge is 0.376 e. The molecule has 5 nitrogen and oxygen atoms in total.